The van der Waals surface area contributed by atoms with Crippen LogP contribution in [-0.4, -0.2) is 39.8 Å². The van der Waals surface area contributed by atoms with Crippen molar-refractivity contribution in [1.82, 2.24) is 19.6 Å². The van der Waals surface area contributed by atoms with Crippen molar-refractivity contribution in [2.75, 3.05) is 25.1 Å². The Labute approximate surface area is 138 Å². The first-order chi connectivity index (χ1) is 11.7. The zero-order valence-electron chi connectivity index (χ0n) is 13.4. The Kier molecular flexibility index (Phi) is 3.76. The summed E-state index contributed by atoms with van der Waals surface area (Å²) >= 11 is 0. The minimum Gasteiger partial charge on any atom is -0.489 e. The summed E-state index contributed by atoms with van der Waals surface area (Å²) in [6.45, 7) is 0.913. The van der Waals surface area contributed by atoms with Crippen LogP contribution >= 0.6 is 0 Å². The molecule has 0 aliphatic heterocycles. The number of hydrogen-bond acceptors (Lipinski definition) is 5. The van der Waals surface area contributed by atoms with E-state index in [2.05, 4.69) is 15.2 Å². The van der Waals surface area contributed by atoms with E-state index < -0.39 is 0 Å². The van der Waals surface area contributed by atoms with Crippen LogP contribution in [-0.2, 0) is 0 Å². The first-order valence-electron chi connectivity index (χ1n) is 8.02. The molecular weight excluding hydrogens is 309 g/mol. The van der Waals surface area contributed by atoms with Crippen LogP contribution in [0, 0.1) is 5.82 Å². The van der Waals surface area contributed by atoms with E-state index in [-0.39, 0.29) is 11.6 Å². The van der Waals surface area contributed by atoms with Gasteiger partial charge in [0.2, 0.25) is 5.65 Å². The molecule has 2 heterocycles. The fourth-order valence-corrected chi connectivity index (χ4v) is 2.68. The van der Waals surface area contributed by atoms with Crippen molar-refractivity contribution in [3.8, 4) is 5.75 Å². The van der Waals surface area contributed by atoms with Gasteiger partial charge in [0, 0.05) is 25.4 Å². The first kappa shape index (κ1) is 14.9. The van der Waals surface area contributed by atoms with Gasteiger partial charge in [-0.25, -0.2) is 9.37 Å². The van der Waals surface area contributed by atoms with Gasteiger partial charge in [-0.2, -0.15) is 0 Å². The highest BCUT2D eigenvalue weighted by Gasteiger charge is 2.29. The molecule has 0 spiro atoms. The minimum absolute atomic E-state index is 0.260. The van der Waals surface area contributed by atoms with Crippen LogP contribution in [0.1, 0.15) is 24.6 Å². The lowest BCUT2D eigenvalue weighted by atomic mass is 10.3. The highest BCUT2D eigenvalue weighted by Crippen LogP contribution is 2.39. The Morgan fingerprint density at radius 3 is 2.92 bits per heavy atom. The molecule has 124 valence electrons. The number of nitrogens with zero attached hydrogens (tertiary/aromatic N) is 5. The molecule has 2 aromatic heterocycles. The van der Waals surface area contributed by atoms with Gasteiger partial charge in [0.15, 0.2) is 17.4 Å². The number of fused-ring (bicyclic) bond motifs is 1. The maximum Gasteiger partial charge on any atom is 0.203 e. The van der Waals surface area contributed by atoms with Crippen LogP contribution in [0.4, 0.5) is 10.2 Å². The second-order valence-electron chi connectivity index (χ2n) is 5.98. The van der Waals surface area contributed by atoms with Gasteiger partial charge >= 0.3 is 0 Å². The van der Waals surface area contributed by atoms with E-state index in [0.29, 0.717) is 19.1 Å². The van der Waals surface area contributed by atoms with Gasteiger partial charge in [-0.1, -0.05) is 12.1 Å². The molecule has 7 heteroatoms. The molecule has 0 atom stereocenters. The fraction of sp³-hybridized carbons (Fsp3) is 0.353. The van der Waals surface area contributed by atoms with E-state index >= 15 is 0 Å². The number of anilines is 1. The van der Waals surface area contributed by atoms with Crippen molar-refractivity contribution in [3.63, 3.8) is 0 Å². The third kappa shape index (κ3) is 2.77. The van der Waals surface area contributed by atoms with Gasteiger partial charge < -0.3 is 9.64 Å². The molecular formula is C17H18FN5O. The molecule has 0 N–H and O–H groups in total. The highest BCUT2D eigenvalue weighted by atomic mass is 19.1. The molecule has 0 unspecified atom stereocenters. The number of benzene rings is 1. The minimum atomic E-state index is -0.355. The van der Waals surface area contributed by atoms with Gasteiger partial charge in [-0.05, 0) is 25.0 Å². The molecule has 1 fully saturated rings. The number of likely N-dealkylation sites (N-methyl/N-ethyl adjacent to an activating group) is 1. The largest absolute Gasteiger partial charge is 0.489 e. The third-order valence-electron chi connectivity index (χ3n) is 4.16. The van der Waals surface area contributed by atoms with Crippen molar-refractivity contribution in [2.45, 2.75) is 18.8 Å². The summed E-state index contributed by atoms with van der Waals surface area (Å²) in [6, 6.07) is 6.40. The molecule has 0 amide bonds. The zero-order chi connectivity index (χ0) is 16.5. The number of ether oxygens (including phenoxy) is 1. The van der Waals surface area contributed by atoms with E-state index in [1.807, 2.05) is 22.5 Å². The molecule has 4 rings (SSSR count). The van der Waals surface area contributed by atoms with Gasteiger partial charge in [0.25, 0.3) is 0 Å². The Hall–Kier alpha value is -2.70. The van der Waals surface area contributed by atoms with Crippen molar-refractivity contribution in [3.05, 3.63) is 48.3 Å². The van der Waals surface area contributed by atoms with Crippen molar-refractivity contribution in [2.24, 2.45) is 0 Å². The van der Waals surface area contributed by atoms with Gasteiger partial charge in [-0.15, -0.1) is 10.2 Å². The van der Waals surface area contributed by atoms with Crippen LogP contribution < -0.4 is 9.64 Å². The van der Waals surface area contributed by atoms with Crippen molar-refractivity contribution in [1.29, 1.82) is 0 Å². The Bertz CT molecular complexity index is 861. The first-order valence-corrected chi connectivity index (χ1v) is 8.02. The molecule has 1 aliphatic rings. The Morgan fingerprint density at radius 2 is 2.12 bits per heavy atom. The Balaban J connectivity index is 1.47. The van der Waals surface area contributed by atoms with Crippen LogP contribution in [0.15, 0.2) is 36.7 Å². The van der Waals surface area contributed by atoms with Crippen molar-refractivity contribution >= 4 is 11.5 Å². The lowest BCUT2D eigenvalue weighted by Gasteiger charge is -2.18. The number of hydrogen-bond donors (Lipinski definition) is 0. The van der Waals surface area contributed by atoms with Crippen LogP contribution in [0.3, 0.4) is 0 Å². The summed E-state index contributed by atoms with van der Waals surface area (Å²) in [6.07, 6.45) is 6.00. The number of rotatable bonds is 6. The van der Waals surface area contributed by atoms with E-state index in [1.165, 1.54) is 18.9 Å². The van der Waals surface area contributed by atoms with E-state index in [9.17, 15) is 4.39 Å². The molecule has 1 aromatic carbocycles. The third-order valence-corrected chi connectivity index (χ3v) is 4.16. The summed E-state index contributed by atoms with van der Waals surface area (Å²) in [5.41, 5.74) is 0.743. The van der Waals surface area contributed by atoms with Crippen LogP contribution in [0.2, 0.25) is 0 Å². The quantitative estimate of drug-likeness (QED) is 0.697. The average Bonchev–Trinajstić information content (AvgIpc) is 3.35. The second-order valence-corrected chi connectivity index (χ2v) is 5.98. The molecule has 3 aromatic rings. The van der Waals surface area contributed by atoms with Crippen LogP contribution in [0.25, 0.3) is 5.65 Å². The molecule has 0 radical (unpaired) electrons. The van der Waals surface area contributed by atoms with E-state index in [4.69, 9.17) is 4.74 Å². The monoisotopic (exact) mass is 327 g/mol. The smallest absolute Gasteiger partial charge is 0.203 e. The van der Waals surface area contributed by atoms with Crippen LogP contribution in [0.5, 0.6) is 5.75 Å². The lowest BCUT2D eigenvalue weighted by molar-refractivity contribution is 0.309. The second kappa shape index (κ2) is 6.07. The standard InChI is InChI=1S/C17H18FN5O/c1-22(10-11-24-14-5-3-2-4-13(14)18)16-17-21-20-15(12-6-7-12)23(17)9-8-19-16/h2-5,8-9,12H,6-7,10-11H2,1H3. The summed E-state index contributed by atoms with van der Waals surface area (Å²) < 4.78 is 21.1. The maximum absolute atomic E-state index is 13.6. The SMILES string of the molecule is CN(CCOc1ccccc1F)c1nccn2c(C3CC3)nnc12. The zero-order valence-corrected chi connectivity index (χ0v) is 13.4. The molecule has 0 bridgehead atoms. The van der Waals surface area contributed by atoms with E-state index in [1.54, 1.807) is 24.4 Å². The molecule has 0 saturated heterocycles. The molecule has 1 saturated carbocycles. The van der Waals surface area contributed by atoms with Gasteiger partial charge in [-0.3, -0.25) is 4.40 Å². The van der Waals surface area contributed by atoms with Gasteiger partial charge in [0.1, 0.15) is 12.4 Å². The maximum atomic E-state index is 13.6. The topological polar surface area (TPSA) is 55.5 Å². The summed E-state index contributed by atoms with van der Waals surface area (Å²) in [4.78, 5) is 6.36. The predicted octanol–water partition coefficient (Wildman–Crippen LogP) is 2.66. The molecule has 6 nitrogen and oxygen atoms in total. The number of halogens is 1. The lowest BCUT2D eigenvalue weighted by Crippen LogP contribution is -2.25. The summed E-state index contributed by atoms with van der Waals surface area (Å²) in [7, 11) is 1.92. The fourth-order valence-electron chi connectivity index (χ4n) is 2.68. The summed E-state index contributed by atoms with van der Waals surface area (Å²) in [5, 5.41) is 8.59. The average molecular weight is 327 g/mol. The molecule has 1 aliphatic carbocycles. The highest BCUT2D eigenvalue weighted by molar-refractivity contribution is 5.63. The van der Waals surface area contributed by atoms with E-state index in [0.717, 1.165) is 17.3 Å². The Morgan fingerprint density at radius 1 is 1.29 bits per heavy atom. The predicted molar refractivity (Wildman–Crippen MR) is 87.9 cm³/mol. The van der Waals surface area contributed by atoms with Gasteiger partial charge in [0.05, 0.1) is 6.54 Å². The number of para-hydroxylation sites is 1. The van der Waals surface area contributed by atoms with Crippen molar-refractivity contribution < 1.29 is 9.13 Å². The normalized spacial score (nSPS) is 14.1. The summed E-state index contributed by atoms with van der Waals surface area (Å²) in [5.74, 6) is 2.17. The molecule has 24 heavy (non-hydrogen) atoms. The number of aromatic nitrogens is 4.